The predicted octanol–water partition coefficient (Wildman–Crippen LogP) is 0.112. The van der Waals surface area contributed by atoms with Gasteiger partial charge in [0.05, 0.1) is 11.3 Å². The van der Waals surface area contributed by atoms with Crippen molar-refractivity contribution in [2.75, 3.05) is 49.6 Å². The Bertz CT molecular complexity index is 973. The van der Waals surface area contributed by atoms with E-state index in [9.17, 15) is 19.5 Å². The van der Waals surface area contributed by atoms with Crippen LogP contribution in [0.4, 0.5) is 11.4 Å². The minimum Gasteiger partial charge on any atom is -1.00 e. The summed E-state index contributed by atoms with van der Waals surface area (Å²) in [5.74, 6) is -1.99. The monoisotopic (exact) mass is 489 g/mol. The van der Waals surface area contributed by atoms with Gasteiger partial charge < -0.3 is 26.4 Å². The van der Waals surface area contributed by atoms with Crippen LogP contribution in [0.3, 0.4) is 0 Å². The first kappa shape index (κ1) is 26.4. The number of piperazine rings is 1. The fourth-order valence-electron chi connectivity index (χ4n) is 3.18. The molecular formula is C21H22Cl2N3NaO5. The van der Waals surface area contributed by atoms with Gasteiger partial charge in [-0.2, -0.15) is 0 Å². The molecule has 2 N–H and O–H groups in total. The molecule has 0 aliphatic carbocycles. The number of halogens is 2. The maximum atomic E-state index is 12.3. The van der Waals surface area contributed by atoms with E-state index in [4.69, 9.17) is 27.9 Å². The quantitative estimate of drug-likeness (QED) is 0.535. The van der Waals surface area contributed by atoms with E-state index in [1.54, 1.807) is 4.90 Å². The van der Waals surface area contributed by atoms with Crippen LogP contribution >= 0.6 is 23.2 Å². The number of amides is 2. The number of aromatic carboxylic acids is 1. The molecule has 0 spiro atoms. The van der Waals surface area contributed by atoms with Gasteiger partial charge in [0, 0.05) is 41.9 Å². The van der Waals surface area contributed by atoms with E-state index in [2.05, 4.69) is 10.2 Å². The molecule has 3 rings (SSSR count). The van der Waals surface area contributed by atoms with E-state index in [-0.39, 0.29) is 66.4 Å². The van der Waals surface area contributed by atoms with Crippen molar-refractivity contribution < 1.29 is 55.2 Å². The van der Waals surface area contributed by atoms with Gasteiger partial charge in [0.25, 0.3) is 0 Å². The second kappa shape index (κ2) is 12.4. The third-order valence-electron chi connectivity index (χ3n) is 4.77. The van der Waals surface area contributed by atoms with E-state index in [1.807, 2.05) is 24.3 Å². The molecule has 2 aromatic rings. The number of anilines is 2. The summed E-state index contributed by atoms with van der Waals surface area (Å²) in [6, 6.07) is 11.7. The third kappa shape index (κ3) is 7.37. The van der Waals surface area contributed by atoms with Gasteiger partial charge in [-0.3, -0.25) is 9.59 Å². The Hall–Kier alpha value is -1.81. The number of benzene rings is 2. The molecule has 1 fully saturated rings. The molecule has 32 heavy (non-hydrogen) atoms. The van der Waals surface area contributed by atoms with Crippen LogP contribution in [0, 0.1) is 0 Å². The molecule has 1 aliphatic rings. The first-order chi connectivity index (χ1) is 14.8. The number of carboxylic acids is 1. The van der Waals surface area contributed by atoms with Crippen LogP contribution in [0.2, 0.25) is 10.0 Å². The topological polar surface area (TPSA) is 99.2 Å². The Morgan fingerprint density at radius 3 is 2.22 bits per heavy atom. The Morgan fingerprint density at radius 1 is 0.969 bits per heavy atom. The molecule has 0 saturated carbocycles. The van der Waals surface area contributed by atoms with Gasteiger partial charge in [-0.25, -0.2) is 4.79 Å². The summed E-state index contributed by atoms with van der Waals surface area (Å²) < 4.78 is 5.23. The largest absolute Gasteiger partial charge is 1.00 e. The van der Waals surface area contributed by atoms with Crippen molar-refractivity contribution >= 4 is 52.4 Å². The molecule has 0 atom stereocenters. The predicted molar refractivity (Wildman–Crippen MR) is 119 cm³/mol. The van der Waals surface area contributed by atoms with Gasteiger partial charge in [0.2, 0.25) is 11.8 Å². The summed E-state index contributed by atoms with van der Waals surface area (Å²) >= 11 is 11.7. The van der Waals surface area contributed by atoms with E-state index in [1.165, 1.54) is 18.2 Å². The zero-order chi connectivity index (χ0) is 22.4. The summed E-state index contributed by atoms with van der Waals surface area (Å²) in [6.07, 6.45) is 0. The van der Waals surface area contributed by atoms with Crippen LogP contribution in [0.25, 0.3) is 0 Å². The van der Waals surface area contributed by atoms with Crippen LogP contribution in [-0.2, 0) is 14.3 Å². The first-order valence-electron chi connectivity index (χ1n) is 9.52. The smallest absolute Gasteiger partial charge is 1.00 e. The van der Waals surface area contributed by atoms with Crippen molar-refractivity contribution in [2.24, 2.45) is 0 Å². The van der Waals surface area contributed by atoms with Crippen molar-refractivity contribution in [1.82, 2.24) is 4.90 Å². The molecule has 11 heteroatoms. The van der Waals surface area contributed by atoms with Crippen molar-refractivity contribution in [2.45, 2.75) is 0 Å². The summed E-state index contributed by atoms with van der Waals surface area (Å²) in [5, 5.41) is 12.6. The number of nitrogens with one attached hydrogen (secondary N) is 1. The summed E-state index contributed by atoms with van der Waals surface area (Å²) in [4.78, 5) is 39.5. The summed E-state index contributed by atoms with van der Waals surface area (Å²) in [7, 11) is 0. The van der Waals surface area contributed by atoms with Crippen LogP contribution < -0.4 is 39.8 Å². The molecule has 2 aromatic carbocycles. The zero-order valence-electron chi connectivity index (χ0n) is 18.5. The average molecular weight is 490 g/mol. The Labute approximate surface area is 219 Å². The molecule has 0 aromatic heterocycles. The van der Waals surface area contributed by atoms with Crippen LogP contribution in [0.5, 0.6) is 0 Å². The number of rotatable bonds is 7. The van der Waals surface area contributed by atoms with E-state index >= 15 is 0 Å². The van der Waals surface area contributed by atoms with Gasteiger partial charge in [-0.1, -0.05) is 23.2 Å². The molecule has 1 heterocycles. The normalized spacial score (nSPS) is 13.3. The number of hydrogen-bond acceptors (Lipinski definition) is 5. The number of carbonyl (C=O) groups is 3. The Balaban J connectivity index is 0.00000272. The van der Waals surface area contributed by atoms with Crippen LogP contribution in [0.15, 0.2) is 42.5 Å². The van der Waals surface area contributed by atoms with Gasteiger partial charge in [-0.05, 0) is 42.5 Å². The van der Waals surface area contributed by atoms with Crippen molar-refractivity contribution in [3.63, 3.8) is 0 Å². The molecule has 166 valence electrons. The summed E-state index contributed by atoms with van der Waals surface area (Å²) in [5.41, 5.74) is 1.03. The van der Waals surface area contributed by atoms with Gasteiger partial charge >= 0.3 is 35.5 Å². The SMILES string of the molecule is O=C(COCC(=O)N1CCN(c2ccc(Cl)cc2)CC1)Nc1ccc(Cl)cc1C(=O)O.[H-].[Na+]. The fraction of sp³-hybridized carbons (Fsp3) is 0.286. The number of carboxylic acid groups (broad SMARTS) is 1. The second-order valence-corrected chi connectivity index (χ2v) is 7.75. The molecule has 0 unspecified atom stereocenters. The maximum absolute atomic E-state index is 12.3. The standard InChI is InChI=1S/C21H21Cl2N3O5.Na.H/c22-14-1-4-16(5-2-14)25-7-9-26(10-8-25)20(28)13-31-12-19(27)24-18-6-3-15(23)11-17(18)21(29)30;;/h1-6,11H,7-10,12-13H2,(H,24,27)(H,29,30);;/q;+1;-1. The molecule has 8 nitrogen and oxygen atoms in total. The number of hydrogen-bond donors (Lipinski definition) is 2. The Morgan fingerprint density at radius 2 is 1.59 bits per heavy atom. The molecule has 1 saturated heterocycles. The van der Waals surface area contributed by atoms with E-state index < -0.39 is 11.9 Å². The number of ether oxygens (including phenoxy) is 1. The molecule has 0 radical (unpaired) electrons. The number of carbonyl (C=O) groups excluding carboxylic acids is 2. The van der Waals surface area contributed by atoms with Crippen LogP contribution in [-0.4, -0.2) is 67.2 Å². The fourth-order valence-corrected chi connectivity index (χ4v) is 3.48. The van der Waals surface area contributed by atoms with E-state index in [0.29, 0.717) is 31.2 Å². The van der Waals surface area contributed by atoms with Gasteiger partial charge in [0.15, 0.2) is 0 Å². The maximum Gasteiger partial charge on any atom is 1.00 e. The van der Waals surface area contributed by atoms with Crippen LogP contribution in [0.1, 0.15) is 11.8 Å². The molecule has 1 aliphatic heterocycles. The zero-order valence-corrected chi connectivity index (χ0v) is 21.0. The third-order valence-corrected chi connectivity index (χ3v) is 5.26. The number of nitrogens with zero attached hydrogens (tertiary/aromatic N) is 2. The van der Waals surface area contributed by atoms with Crippen molar-refractivity contribution in [3.8, 4) is 0 Å². The van der Waals surface area contributed by atoms with Crippen molar-refractivity contribution in [3.05, 3.63) is 58.1 Å². The minimum atomic E-state index is -1.22. The minimum absolute atomic E-state index is 0. The average Bonchev–Trinajstić information content (AvgIpc) is 2.75. The van der Waals surface area contributed by atoms with Gasteiger partial charge in [-0.15, -0.1) is 0 Å². The second-order valence-electron chi connectivity index (χ2n) is 6.88. The Kier molecular flexibility index (Phi) is 10.3. The molecule has 0 bridgehead atoms. The van der Waals surface area contributed by atoms with Gasteiger partial charge in [0.1, 0.15) is 13.2 Å². The first-order valence-corrected chi connectivity index (χ1v) is 10.3. The van der Waals surface area contributed by atoms with E-state index in [0.717, 1.165) is 5.69 Å². The van der Waals surface area contributed by atoms with Crippen molar-refractivity contribution in [1.29, 1.82) is 0 Å². The summed E-state index contributed by atoms with van der Waals surface area (Å²) in [6.45, 7) is 1.84. The molecule has 2 amide bonds. The molecular weight excluding hydrogens is 468 g/mol.